The van der Waals surface area contributed by atoms with Gasteiger partial charge in [0.2, 0.25) is 5.91 Å². The molecule has 0 aliphatic carbocycles. The number of hydrogen-bond acceptors (Lipinski definition) is 3. The number of hydrogen-bond donors (Lipinski definition) is 4. The summed E-state index contributed by atoms with van der Waals surface area (Å²) in [6, 6.07) is 19.9. The van der Waals surface area contributed by atoms with Crippen LogP contribution >= 0.6 is 0 Å². The number of nitrogens with zero attached hydrogens (tertiary/aromatic N) is 1. The maximum atomic E-state index is 12.0. The fourth-order valence-electron chi connectivity index (χ4n) is 2.77. The molecule has 1 unspecified atom stereocenters. The standard InChI is InChI=1S/C22H30N4O2/c1-2-23-22(25-15-20(17-27)19-11-7-4-8-12-19)26-16-21(28)24-14-13-18-9-5-3-6-10-18/h3-12,20,27H,2,13-17H2,1H3,(H,24,28)(H2,23,25,26). The second-order valence-corrected chi connectivity index (χ2v) is 6.45. The quantitative estimate of drug-likeness (QED) is 0.372. The van der Waals surface area contributed by atoms with E-state index < -0.39 is 0 Å². The van der Waals surface area contributed by atoms with Gasteiger partial charge in [0, 0.05) is 25.6 Å². The van der Waals surface area contributed by atoms with Crippen molar-refractivity contribution in [2.75, 3.05) is 32.8 Å². The van der Waals surface area contributed by atoms with Gasteiger partial charge >= 0.3 is 0 Å². The lowest BCUT2D eigenvalue weighted by Gasteiger charge is -2.18. The largest absolute Gasteiger partial charge is 0.396 e. The summed E-state index contributed by atoms with van der Waals surface area (Å²) in [5, 5.41) is 18.9. The molecular weight excluding hydrogens is 352 g/mol. The van der Waals surface area contributed by atoms with Crippen molar-refractivity contribution >= 4 is 11.9 Å². The summed E-state index contributed by atoms with van der Waals surface area (Å²) in [6.07, 6.45) is 0.796. The summed E-state index contributed by atoms with van der Waals surface area (Å²) in [7, 11) is 0. The number of amides is 1. The molecule has 0 saturated carbocycles. The van der Waals surface area contributed by atoms with Gasteiger partial charge in [-0.1, -0.05) is 60.7 Å². The Morgan fingerprint density at radius 1 is 1.00 bits per heavy atom. The molecule has 0 aliphatic heterocycles. The second kappa shape index (κ2) is 12.5. The van der Waals surface area contributed by atoms with Gasteiger partial charge in [-0.25, -0.2) is 4.99 Å². The third-order valence-electron chi connectivity index (χ3n) is 4.31. The van der Waals surface area contributed by atoms with Crippen molar-refractivity contribution in [1.29, 1.82) is 0 Å². The first kappa shape index (κ1) is 21.4. The highest BCUT2D eigenvalue weighted by molar-refractivity contribution is 5.84. The number of guanidine groups is 1. The zero-order chi connectivity index (χ0) is 20.0. The monoisotopic (exact) mass is 382 g/mol. The number of nitrogens with one attached hydrogen (secondary N) is 3. The van der Waals surface area contributed by atoms with Gasteiger partial charge in [-0.3, -0.25) is 4.79 Å². The molecule has 0 bridgehead atoms. The van der Waals surface area contributed by atoms with E-state index in [2.05, 4.69) is 20.9 Å². The number of carbonyl (C=O) groups excluding carboxylic acids is 1. The maximum Gasteiger partial charge on any atom is 0.241 e. The van der Waals surface area contributed by atoms with Crippen molar-refractivity contribution in [2.24, 2.45) is 4.99 Å². The van der Waals surface area contributed by atoms with E-state index >= 15 is 0 Å². The molecule has 0 aromatic heterocycles. The molecule has 0 radical (unpaired) electrons. The molecular formula is C22H30N4O2. The maximum absolute atomic E-state index is 12.0. The molecule has 150 valence electrons. The van der Waals surface area contributed by atoms with E-state index in [1.165, 1.54) is 5.56 Å². The minimum atomic E-state index is -0.116. The third-order valence-corrected chi connectivity index (χ3v) is 4.31. The van der Waals surface area contributed by atoms with Crippen LogP contribution in [0.3, 0.4) is 0 Å². The number of rotatable bonds is 10. The van der Waals surface area contributed by atoms with Crippen LogP contribution in [0.4, 0.5) is 0 Å². The fourth-order valence-corrected chi connectivity index (χ4v) is 2.77. The van der Waals surface area contributed by atoms with Crippen LogP contribution in [-0.4, -0.2) is 49.8 Å². The molecule has 2 aromatic rings. The van der Waals surface area contributed by atoms with E-state index in [0.717, 1.165) is 12.0 Å². The third kappa shape index (κ3) is 7.80. The summed E-state index contributed by atoms with van der Waals surface area (Å²) in [5.41, 5.74) is 2.25. The van der Waals surface area contributed by atoms with Crippen LogP contribution in [0.25, 0.3) is 0 Å². The Hall–Kier alpha value is -2.86. The minimum Gasteiger partial charge on any atom is -0.396 e. The Balaban J connectivity index is 1.79. The van der Waals surface area contributed by atoms with Crippen LogP contribution in [0.15, 0.2) is 65.7 Å². The normalized spacial score (nSPS) is 12.3. The van der Waals surface area contributed by atoms with Gasteiger partial charge in [-0.05, 0) is 24.5 Å². The summed E-state index contributed by atoms with van der Waals surface area (Å²) in [5.74, 6) is 0.412. The van der Waals surface area contributed by atoms with Gasteiger partial charge in [0.25, 0.3) is 0 Å². The van der Waals surface area contributed by atoms with Crippen molar-refractivity contribution in [3.05, 3.63) is 71.8 Å². The Morgan fingerprint density at radius 3 is 2.32 bits per heavy atom. The predicted molar refractivity (Wildman–Crippen MR) is 113 cm³/mol. The summed E-state index contributed by atoms with van der Waals surface area (Å²) in [4.78, 5) is 16.4. The number of aliphatic imine (C=N–C) groups is 1. The van der Waals surface area contributed by atoms with Crippen LogP contribution < -0.4 is 16.0 Å². The van der Waals surface area contributed by atoms with E-state index in [-0.39, 0.29) is 25.0 Å². The summed E-state index contributed by atoms with van der Waals surface area (Å²) >= 11 is 0. The lowest BCUT2D eigenvalue weighted by atomic mass is 10.0. The number of carbonyl (C=O) groups is 1. The minimum absolute atomic E-state index is 0.0373. The van der Waals surface area contributed by atoms with Gasteiger partial charge < -0.3 is 21.1 Å². The number of benzene rings is 2. The fraction of sp³-hybridized carbons (Fsp3) is 0.364. The van der Waals surface area contributed by atoms with Crippen molar-refractivity contribution in [3.63, 3.8) is 0 Å². The van der Waals surface area contributed by atoms with Gasteiger partial charge in [-0.15, -0.1) is 0 Å². The average Bonchev–Trinajstić information content (AvgIpc) is 2.74. The van der Waals surface area contributed by atoms with Gasteiger partial charge in [0.15, 0.2) is 5.96 Å². The highest BCUT2D eigenvalue weighted by atomic mass is 16.3. The van der Waals surface area contributed by atoms with Crippen molar-refractivity contribution in [1.82, 2.24) is 16.0 Å². The topological polar surface area (TPSA) is 85.8 Å². The van der Waals surface area contributed by atoms with E-state index in [1.54, 1.807) is 0 Å². The second-order valence-electron chi connectivity index (χ2n) is 6.45. The van der Waals surface area contributed by atoms with Crippen molar-refractivity contribution < 1.29 is 9.90 Å². The molecule has 6 nitrogen and oxygen atoms in total. The molecule has 1 amide bonds. The molecule has 0 spiro atoms. The van der Waals surface area contributed by atoms with Crippen LogP contribution in [0.2, 0.25) is 0 Å². The lowest BCUT2D eigenvalue weighted by Crippen LogP contribution is -2.41. The molecule has 0 fully saturated rings. The lowest BCUT2D eigenvalue weighted by molar-refractivity contribution is -0.119. The summed E-state index contributed by atoms with van der Waals surface area (Å²) < 4.78 is 0. The van der Waals surface area contributed by atoms with Gasteiger partial charge in [0.1, 0.15) is 6.54 Å². The molecule has 28 heavy (non-hydrogen) atoms. The van der Waals surface area contributed by atoms with Crippen LogP contribution in [0.5, 0.6) is 0 Å². The highest BCUT2D eigenvalue weighted by Crippen LogP contribution is 2.13. The highest BCUT2D eigenvalue weighted by Gasteiger charge is 2.11. The van der Waals surface area contributed by atoms with E-state index in [9.17, 15) is 9.90 Å². The van der Waals surface area contributed by atoms with E-state index in [1.807, 2.05) is 67.6 Å². The molecule has 6 heteroatoms. The summed E-state index contributed by atoms with van der Waals surface area (Å²) in [6.45, 7) is 3.87. The van der Waals surface area contributed by atoms with Crippen LogP contribution in [0.1, 0.15) is 24.0 Å². The smallest absolute Gasteiger partial charge is 0.241 e. The van der Waals surface area contributed by atoms with Crippen LogP contribution in [0, 0.1) is 0 Å². The average molecular weight is 383 g/mol. The zero-order valence-corrected chi connectivity index (χ0v) is 16.4. The van der Waals surface area contributed by atoms with Crippen molar-refractivity contribution in [3.8, 4) is 0 Å². The Kier molecular flexibility index (Phi) is 9.58. The SMILES string of the molecule is CCNC(=NCC(=O)NCCc1ccccc1)NCC(CO)c1ccccc1. The Labute approximate surface area is 167 Å². The van der Waals surface area contributed by atoms with Gasteiger partial charge in [0.05, 0.1) is 6.61 Å². The molecule has 2 aromatic carbocycles. The Bertz CT molecular complexity index is 720. The molecule has 1 atom stereocenters. The molecule has 0 aliphatic rings. The molecule has 0 saturated heterocycles. The van der Waals surface area contributed by atoms with E-state index in [0.29, 0.717) is 25.6 Å². The van der Waals surface area contributed by atoms with Crippen LogP contribution in [-0.2, 0) is 11.2 Å². The molecule has 4 N–H and O–H groups in total. The first-order chi connectivity index (χ1) is 13.7. The molecule has 0 heterocycles. The van der Waals surface area contributed by atoms with E-state index in [4.69, 9.17) is 0 Å². The Morgan fingerprint density at radius 2 is 1.68 bits per heavy atom. The molecule has 2 rings (SSSR count). The number of aliphatic hydroxyl groups excluding tert-OH is 1. The van der Waals surface area contributed by atoms with Gasteiger partial charge in [-0.2, -0.15) is 0 Å². The first-order valence-electron chi connectivity index (χ1n) is 9.71. The van der Waals surface area contributed by atoms with Crippen molar-refractivity contribution in [2.45, 2.75) is 19.3 Å². The predicted octanol–water partition coefficient (Wildman–Crippen LogP) is 1.68. The zero-order valence-electron chi connectivity index (χ0n) is 16.4. The first-order valence-corrected chi connectivity index (χ1v) is 9.71. The number of aliphatic hydroxyl groups is 1.